The lowest BCUT2D eigenvalue weighted by Gasteiger charge is -2.26. The quantitative estimate of drug-likeness (QED) is 0.624. The van der Waals surface area contributed by atoms with Gasteiger partial charge < -0.3 is 4.84 Å². The Morgan fingerprint density at radius 2 is 1.82 bits per heavy atom. The highest BCUT2D eigenvalue weighted by Crippen LogP contribution is 2.28. The molecular formula is C9H17NO. The minimum atomic E-state index is 0.676. The highest BCUT2D eigenvalue weighted by atomic mass is 16.7. The summed E-state index contributed by atoms with van der Waals surface area (Å²) in [5.41, 5.74) is 3.13. The molecule has 64 valence electrons. The van der Waals surface area contributed by atoms with Gasteiger partial charge in [0.05, 0.1) is 6.61 Å². The topological polar surface area (TPSA) is 21.3 Å². The van der Waals surface area contributed by atoms with Crippen LogP contribution in [0.1, 0.15) is 38.5 Å². The Hall–Kier alpha value is -0.0800. The zero-order valence-corrected chi connectivity index (χ0v) is 7.01. The molecule has 0 amide bonds. The lowest BCUT2D eigenvalue weighted by molar-refractivity contribution is 0.0726. The smallest absolute Gasteiger partial charge is 0.0698 e. The molecule has 0 aromatic heterocycles. The normalized spacial score (nSPS) is 34.4. The highest BCUT2D eigenvalue weighted by Gasteiger charge is 2.26. The second-order valence-electron chi connectivity index (χ2n) is 3.76. The molecule has 1 aliphatic carbocycles. The molecule has 1 atom stereocenters. The molecule has 11 heavy (non-hydrogen) atoms. The molecule has 0 spiro atoms. The second kappa shape index (κ2) is 3.55. The van der Waals surface area contributed by atoms with E-state index >= 15 is 0 Å². The number of hydrogen-bond donors (Lipinski definition) is 1. The maximum absolute atomic E-state index is 5.16. The zero-order valence-electron chi connectivity index (χ0n) is 7.01. The summed E-state index contributed by atoms with van der Waals surface area (Å²) in [7, 11) is 0. The van der Waals surface area contributed by atoms with Crippen molar-refractivity contribution in [1.82, 2.24) is 5.48 Å². The third kappa shape index (κ3) is 1.74. The van der Waals surface area contributed by atoms with E-state index < -0.39 is 0 Å². The summed E-state index contributed by atoms with van der Waals surface area (Å²) in [4.78, 5) is 5.16. The molecule has 2 heteroatoms. The van der Waals surface area contributed by atoms with Crippen LogP contribution in [0.25, 0.3) is 0 Å². The van der Waals surface area contributed by atoms with Gasteiger partial charge in [0.15, 0.2) is 0 Å². The lowest BCUT2D eigenvalue weighted by atomic mass is 9.83. The van der Waals surface area contributed by atoms with Crippen LogP contribution in [0.5, 0.6) is 0 Å². The van der Waals surface area contributed by atoms with Gasteiger partial charge in [-0.3, -0.25) is 0 Å². The highest BCUT2D eigenvalue weighted by molar-refractivity contribution is 4.79. The Labute approximate surface area is 68.3 Å². The number of nitrogens with one attached hydrogen (secondary N) is 1. The molecule has 2 fully saturated rings. The van der Waals surface area contributed by atoms with Gasteiger partial charge >= 0.3 is 0 Å². The Morgan fingerprint density at radius 3 is 2.45 bits per heavy atom. The van der Waals surface area contributed by atoms with Gasteiger partial charge in [0.25, 0.3) is 0 Å². The Morgan fingerprint density at radius 1 is 1.00 bits per heavy atom. The van der Waals surface area contributed by atoms with Crippen molar-refractivity contribution >= 4 is 0 Å². The molecule has 1 unspecified atom stereocenters. The van der Waals surface area contributed by atoms with Gasteiger partial charge in [-0.15, -0.1) is 0 Å². The number of hydroxylamine groups is 1. The summed E-state index contributed by atoms with van der Waals surface area (Å²) in [6.07, 6.45) is 8.38. The summed E-state index contributed by atoms with van der Waals surface area (Å²) >= 11 is 0. The fourth-order valence-electron chi connectivity index (χ4n) is 2.28. The van der Waals surface area contributed by atoms with Crippen molar-refractivity contribution in [1.29, 1.82) is 0 Å². The maximum atomic E-state index is 5.16. The molecule has 2 rings (SSSR count). The molecule has 2 aliphatic rings. The molecule has 0 aromatic rings. The number of rotatable bonds is 1. The lowest BCUT2D eigenvalue weighted by Crippen LogP contribution is -2.30. The summed E-state index contributed by atoms with van der Waals surface area (Å²) in [6.45, 7) is 0.918. The van der Waals surface area contributed by atoms with Crippen molar-refractivity contribution in [3.05, 3.63) is 0 Å². The molecule has 1 saturated carbocycles. The molecule has 1 saturated heterocycles. The monoisotopic (exact) mass is 155 g/mol. The first-order valence-electron chi connectivity index (χ1n) is 4.84. The largest absolute Gasteiger partial charge is 0.301 e. The van der Waals surface area contributed by atoms with E-state index in [-0.39, 0.29) is 0 Å². The summed E-state index contributed by atoms with van der Waals surface area (Å²) < 4.78 is 0. The summed E-state index contributed by atoms with van der Waals surface area (Å²) in [5, 5.41) is 0. The van der Waals surface area contributed by atoms with Gasteiger partial charge in [0.1, 0.15) is 0 Å². The fourth-order valence-corrected chi connectivity index (χ4v) is 2.28. The molecular weight excluding hydrogens is 138 g/mol. The van der Waals surface area contributed by atoms with Crippen molar-refractivity contribution < 1.29 is 4.84 Å². The van der Waals surface area contributed by atoms with Crippen LogP contribution in [0.4, 0.5) is 0 Å². The Bertz CT molecular complexity index is 115. The minimum Gasteiger partial charge on any atom is -0.301 e. The standard InChI is InChI=1S/C9H17NO/c1-2-4-8(5-3-1)9-6-7-11-10-9/h8-10H,1-7H2. The van der Waals surface area contributed by atoms with Crippen molar-refractivity contribution in [3.63, 3.8) is 0 Å². The van der Waals surface area contributed by atoms with Crippen LogP contribution in [0.3, 0.4) is 0 Å². The van der Waals surface area contributed by atoms with E-state index in [2.05, 4.69) is 5.48 Å². The predicted octanol–water partition coefficient (Wildman–Crippen LogP) is 1.86. The summed E-state index contributed by atoms with van der Waals surface area (Å²) in [6, 6.07) is 0.676. The van der Waals surface area contributed by atoms with Gasteiger partial charge in [-0.1, -0.05) is 19.3 Å². The third-order valence-corrected chi connectivity index (χ3v) is 2.98. The second-order valence-corrected chi connectivity index (χ2v) is 3.76. The fraction of sp³-hybridized carbons (Fsp3) is 1.00. The first-order chi connectivity index (χ1) is 5.47. The van der Waals surface area contributed by atoms with Crippen LogP contribution in [-0.2, 0) is 4.84 Å². The molecule has 2 nitrogen and oxygen atoms in total. The summed E-state index contributed by atoms with van der Waals surface area (Å²) in [5.74, 6) is 0.909. The molecule has 1 aliphatic heterocycles. The van der Waals surface area contributed by atoms with Crippen LogP contribution < -0.4 is 5.48 Å². The third-order valence-electron chi connectivity index (χ3n) is 2.98. The first kappa shape index (κ1) is 7.56. The van der Waals surface area contributed by atoms with Gasteiger partial charge in [0, 0.05) is 6.04 Å². The van der Waals surface area contributed by atoms with E-state index in [1.54, 1.807) is 0 Å². The van der Waals surface area contributed by atoms with Crippen LogP contribution in [0.15, 0.2) is 0 Å². The minimum absolute atomic E-state index is 0.676. The Balaban J connectivity index is 1.82. The van der Waals surface area contributed by atoms with Crippen LogP contribution in [0, 0.1) is 5.92 Å². The molecule has 1 heterocycles. The van der Waals surface area contributed by atoms with Crippen LogP contribution in [0.2, 0.25) is 0 Å². The van der Waals surface area contributed by atoms with Gasteiger partial charge in [-0.05, 0) is 25.2 Å². The van der Waals surface area contributed by atoms with Gasteiger partial charge in [-0.25, -0.2) is 0 Å². The zero-order chi connectivity index (χ0) is 7.52. The average Bonchev–Trinajstić information content (AvgIpc) is 2.58. The van der Waals surface area contributed by atoms with E-state index in [1.807, 2.05) is 0 Å². The van der Waals surface area contributed by atoms with Gasteiger partial charge in [0.2, 0.25) is 0 Å². The molecule has 1 N–H and O–H groups in total. The number of hydrogen-bond acceptors (Lipinski definition) is 2. The maximum Gasteiger partial charge on any atom is 0.0698 e. The van der Waals surface area contributed by atoms with E-state index in [9.17, 15) is 0 Å². The van der Waals surface area contributed by atoms with Crippen LogP contribution in [-0.4, -0.2) is 12.6 Å². The Kier molecular flexibility index (Phi) is 2.44. The van der Waals surface area contributed by atoms with E-state index in [0.717, 1.165) is 12.5 Å². The van der Waals surface area contributed by atoms with E-state index in [1.165, 1.54) is 38.5 Å². The molecule has 0 aromatic carbocycles. The van der Waals surface area contributed by atoms with Crippen molar-refractivity contribution in [2.75, 3.05) is 6.61 Å². The van der Waals surface area contributed by atoms with Crippen molar-refractivity contribution in [2.45, 2.75) is 44.6 Å². The predicted molar refractivity (Wildman–Crippen MR) is 44.1 cm³/mol. The average molecular weight is 155 g/mol. The van der Waals surface area contributed by atoms with Crippen molar-refractivity contribution in [3.8, 4) is 0 Å². The molecule has 0 bridgehead atoms. The van der Waals surface area contributed by atoms with Crippen molar-refractivity contribution in [2.24, 2.45) is 5.92 Å². The first-order valence-corrected chi connectivity index (χ1v) is 4.84. The van der Waals surface area contributed by atoms with Gasteiger partial charge in [-0.2, -0.15) is 5.48 Å². The SMILES string of the molecule is C1CCC(C2CCON2)CC1. The van der Waals surface area contributed by atoms with E-state index in [0.29, 0.717) is 6.04 Å². The van der Waals surface area contributed by atoms with Crippen LogP contribution >= 0.6 is 0 Å². The van der Waals surface area contributed by atoms with E-state index in [4.69, 9.17) is 4.84 Å². The molecule has 0 radical (unpaired) electrons.